The minimum atomic E-state index is -0.385. The van der Waals surface area contributed by atoms with Crippen LogP contribution in [0.3, 0.4) is 0 Å². The Labute approximate surface area is 126 Å². The van der Waals surface area contributed by atoms with E-state index in [1.54, 1.807) is 0 Å². The van der Waals surface area contributed by atoms with Crippen LogP contribution in [0, 0.1) is 10.8 Å². The maximum Gasteiger partial charge on any atom is 0.168 e. The number of nitrogens with zero attached hydrogens (tertiary/aromatic N) is 2. The standard InChI is InChI=1S/C18H24N2O/c1-17(2,3)10-13-11-19-14-8-7-12(9-15(14)20-13)16(21)18(4,5)6/h7-9,11H,10H2,1-6H3. The summed E-state index contributed by atoms with van der Waals surface area (Å²) in [6.45, 7) is 12.3. The lowest BCUT2D eigenvalue weighted by atomic mass is 9.86. The predicted molar refractivity (Wildman–Crippen MR) is 86.5 cm³/mol. The minimum absolute atomic E-state index is 0.132. The number of rotatable bonds is 2. The van der Waals surface area contributed by atoms with Gasteiger partial charge in [0.15, 0.2) is 5.78 Å². The third kappa shape index (κ3) is 3.87. The SMILES string of the molecule is CC(C)(C)Cc1cnc2ccc(C(=O)C(C)(C)C)cc2n1. The lowest BCUT2D eigenvalue weighted by Crippen LogP contribution is -2.20. The molecule has 0 atom stereocenters. The van der Waals surface area contributed by atoms with E-state index in [4.69, 9.17) is 0 Å². The van der Waals surface area contributed by atoms with Gasteiger partial charge in [-0.3, -0.25) is 9.78 Å². The zero-order valence-corrected chi connectivity index (χ0v) is 13.8. The molecule has 1 aromatic heterocycles. The molecule has 0 unspecified atom stereocenters. The summed E-state index contributed by atoms with van der Waals surface area (Å²) in [5, 5.41) is 0. The maximum absolute atomic E-state index is 12.4. The number of benzene rings is 1. The zero-order valence-electron chi connectivity index (χ0n) is 13.8. The Kier molecular flexibility index (Phi) is 3.87. The van der Waals surface area contributed by atoms with E-state index in [0.29, 0.717) is 5.56 Å². The van der Waals surface area contributed by atoms with Gasteiger partial charge in [0.25, 0.3) is 0 Å². The number of carbonyl (C=O) groups excluding carboxylic acids is 1. The monoisotopic (exact) mass is 284 g/mol. The van der Waals surface area contributed by atoms with Crippen molar-refractivity contribution in [2.24, 2.45) is 10.8 Å². The Bertz CT molecular complexity index is 676. The fourth-order valence-corrected chi connectivity index (χ4v) is 2.25. The molecule has 0 saturated carbocycles. The fourth-order valence-electron chi connectivity index (χ4n) is 2.25. The van der Waals surface area contributed by atoms with E-state index in [-0.39, 0.29) is 16.6 Å². The first-order valence-corrected chi connectivity index (χ1v) is 7.37. The van der Waals surface area contributed by atoms with Crippen LogP contribution in [0.1, 0.15) is 57.6 Å². The maximum atomic E-state index is 12.4. The summed E-state index contributed by atoms with van der Waals surface area (Å²) < 4.78 is 0. The van der Waals surface area contributed by atoms with Gasteiger partial charge in [-0.1, -0.05) is 41.5 Å². The van der Waals surface area contributed by atoms with Gasteiger partial charge < -0.3 is 0 Å². The van der Waals surface area contributed by atoms with Crippen molar-refractivity contribution in [1.82, 2.24) is 9.97 Å². The number of carbonyl (C=O) groups is 1. The second kappa shape index (κ2) is 5.21. The second-order valence-electron chi connectivity index (χ2n) is 7.88. The molecule has 21 heavy (non-hydrogen) atoms. The van der Waals surface area contributed by atoms with Gasteiger partial charge in [-0.05, 0) is 30.0 Å². The molecule has 0 aliphatic heterocycles. The predicted octanol–water partition coefficient (Wildman–Crippen LogP) is 4.45. The summed E-state index contributed by atoms with van der Waals surface area (Å²) in [6, 6.07) is 5.58. The van der Waals surface area contributed by atoms with E-state index in [9.17, 15) is 4.79 Å². The molecule has 0 aliphatic carbocycles. The Morgan fingerprint density at radius 2 is 1.71 bits per heavy atom. The van der Waals surface area contributed by atoms with Crippen molar-refractivity contribution in [3.05, 3.63) is 35.7 Å². The minimum Gasteiger partial charge on any atom is -0.294 e. The van der Waals surface area contributed by atoms with Gasteiger partial charge in [0, 0.05) is 17.2 Å². The Morgan fingerprint density at radius 1 is 1.05 bits per heavy atom. The summed E-state index contributed by atoms with van der Waals surface area (Å²) >= 11 is 0. The number of fused-ring (bicyclic) bond motifs is 1. The number of aromatic nitrogens is 2. The molecule has 0 spiro atoms. The van der Waals surface area contributed by atoms with E-state index >= 15 is 0 Å². The van der Waals surface area contributed by atoms with Crippen molar-refractivity contribution in [3.8, 4) is 0 Å². The third-order valence-corrected chi connectivity index (χ3v) is 3.25. The molecule has 0 radical (unpaired) electrons. The van der Waals surface area contributed by atoms with E-state index in [1.807, 2.05) is 45.2 Å². The molecule has 3 nitrogen and oxygen atoms in total. The van der Waals surface area contributed by atoms with Crippen LogP contribution in [0.2, 0.25) is 0 Å². The Hall–Kier alpha value is -1.77. The van der Waals surface area contributed by atoms with E-state index in [1.165, 1.54) is 0 Å². The van der Waals surface area contributed by atoms with Crippen LogP contribution >= 0.6 is 0 Å². The fraction of sp³-hybridized carbons (Fsp3) is 0.500. The van der Waals surface area contributed by atoms with Crippen LogP contribution in [0.15, 0.2) is 24.4 Å². The number of hydrogen-bond donors (Lipinski definition) is 0. The summed E-state index contributed by atoms with van der Waals surface area (Å²) in [5.41, 5.74) is 3.09. The van der Waals surface area contributed by atoms with Crippen LogP contribution in [0.4, 0.5) is 0 Å². The summed E-state index contributed by atoms with van der Waals surface area (Å²) in [4.78, 5) is 21.5. The molecular formula is C18H24N2O. The van der Waals surface area contributed by atoms with Crippen molar-refractivity contribution < 1.29 is 4.79 Å². The van der Waals surface area contributed by atoms with Crippen molar-refractivity contribution in [3.63, 3.8) is 0 Å². The van der Waals surface area contributed by atoms with Gasteiger partial charge >= 0.3 is 0 Å². The van der Waals surface area contributed by atoms with E-state index < -0.39 is 0 Å². The molecular weight excluding hydrogens is 260 g/mol. The highest BCUT2D eigenvalue weighted by molar-refractivity contribution is 6.01. The number of ketones is 1. The quantitative estimate of drug-likeness (QED) is 0.765. The molecule has 0 bridgehead atoms. The van der Waals surface area contributed by atoms with Gasteiger partial charge in [0.2, 0.25) is 0 Å². The molecule has 1 heterocycles. The van der Waals surface area contributed by atoms with E-state index in [0.717, 1.165) is 23.1 Å². The van der Waals surface area contributed by atoms with Gasteiger partial charge in [-0.25, -0.2) is 4.98 Å². The molecule has 0 fully saturated rings. The van der Waals surface area contributed by atoms with Gasteiger partial charge in [-0.2, -0.15) is 0 Å². The van der Waals surface area contributed by atoms with Crippen LogP contribution in [-0.2, 0) is 6.42 Å². The number of Topliss-reactive ketones (excluding diaryl/α,β-unsaturated/α-hetero) is 1. The van der Waals surface area contributed by atoms with Crippen molar-refractivity contribution in [1.29, 1.82) is 0 Å². The molecule has 2 rings (SSSR count). The largest absolute Gasteiger partial charge is 0.294 e. The van der Waals surface area contributed by atoms with E-state index in [2.05, 4.69) is 30.7 Å². The molecule has 1 aromatic carbocycles. The van der Waals surface area contributed by atoms with Gasteiger partial charge in [0.05, 0.1) is 16.7 Å². The van der Waals surface area contributed by atoms with Crippen LogP contribution in [-0.4, -0.2) is 15.8 Å². The lowest BCUT2D eigenvalue weighted by Gasteiger charge is -2.18. The molecule has 0 saturated heterocycles. The highest BCUT2D eigenvalue weighted by Crippen LogP contribution is 2.24. The Morgan fingerprint density at radius 3 is 2.29 bits per heavy atom. The average molecular weight is 284 g/mol. The second-order valence-corrected chi connectivity index (χ2v) is 7.88. The topological polar surface area (TPSA) is 42.9 Å². The van der Waals surface area contributed by atoms with Crippen molar-refractivity contribution in [2.75, 3.05) is 0 Å². The Balaban J connectivity index is 2.44. The summed E-state index contributed by atoms with van der Waals surface area (Å²) in [5.74, 6) is 0.132. The van der Waals surface area contributed by atoms with Crippen molar-refractivity contribution in [2.45, 2.75) is 48.0 Å². The zero-order chi connectivity index (χ0) is 15.8. The summed E-state index contributed by atoms with van der Waals surface area (Å²) in [7, 11) is 0. The first kappa shape index (κ1) is 15.6. The highest BCUT2D eigenvalue weighted by atomic mass is 16.1. The van der Waals surface area contributed by atoms with Crippen molar-refractivity contribution >= 4 is 16.8 Å². The normalized spacial score (nSPS) is 12.7. The molecule has 112 valence electrons. The smallest absolute Gasteiger partial charge is 0.168 e. The third-order valence-electron chi connectivity index (χ3n) is 3.25. The molecule has 0 amide bonds. The van der Waals surface area contributed by atoms with Gasteiger partial charge in [-0.15, -0.1) is 0 Å². The lowest BCUT2D eigenvalue weighted by molar-refractivity contribution is 0.0858. The molecule has 0 N–H and O–H groups in total. The first-order valence-electron chi connectivity index (χ1n) is 7.37. The summed E-state index contributed by atoms with van der Waals surface area (Å²) in [6.07, 6.45) is 2.70. The van der Waals surface area contributed by atoms with Crippen LogP contribution in [0.5, 0.6) is 0 Å². The van der Waals surface area contributed by atoms with Crippen LogP contribution < -0.4 is 0 Å². The first-order chi connectivity index (χ1) is 9.56. The average Bonchev–Trinajstić information content (AvgIpc) is 2.34. The molecule has 0 aliphatic rings. The highest BCUT2D eigenvalue weighted by Gasteiger charge is 2.23. The molecule has 3 heteroatoms. The molecule has 2 aromatic rings. The van der Waals surface area contributed by atoms with Gasteiger partial charge in [0.1, 0.15) is 0 Å². The van der Waals surface area contributed by atoms with Crippen LogP contribution in [0.25, 0.3) is 11.0 Å². The number of hydrogen-bond acceptors (Lipinski definition) is 3.